The van der Waals surface area contributed by atoms with Gasteiger partial charge in [0.1, 0.15) is 6.10 Å². The van der Waals surface area contributed by atoms with Gasteiger partial charge in [-0.3, -0.25) is 9.69 Å². The summed E-state index contributed by atoms with van der Waals surface area (Å²) in [5, 5.41) is 0. The molecule has 5 nitrogen and oxygen atoms in total. The van der Waals surface area contributed by atoms with Gasteiger partial charge in [0.25, 0.3) is 0 Å². The average molecular weight is 423 g/mol. The molecule has 1 amide bonds. The minimum absolute atomic E-state index is 0.0473. The van der Waals surface area contributed by atoms with Crippen LogP contribution in [0.5, 0.6) is 0 Å². The Morgan fingerprint density at radius 1 is 1.00 bits per heavy atom. The van der Waals surface area contributed by atoms with E-state index in [0.717, 1.165) is 50.0 Å². The van der Waals surface area contributed by atoms with Crippen molar-refractivity contribution < 1.29 is 14.3 Å². The molecule has 0 aromatic heterocycles. The van der Waals surface area contributed by atoms with Crippen LogP contribution >= 0.6 is 0 Å². The smallest absolute Gasteiger partial charge is 0.237 e. The molecular formula is C26H34N2O3. The number of likely N-dealkylation sites (tertiary alicyclic amines) is 1. The van der Waals surface area contributed by atoms with Gasteiger partial charge < -0.3 is 14.4 Å². The lowest BCUT2D eigenvalue weighted by atomic mass is 9.96. The molecule has 2 atom stereocenters. The van der Waals surface area contributed by atoms with Crippen LogP contribution in [-0.4, -0.2) is 60.6 Å². The van der Waals surface area contributed by atoms with E-state index in [1.807, 2.05) is 36.4 Å². The summed E-state index contributed by atoms with van der Waals surface area (Å²) in [7, 11) is 0. The average Bonchev–Trinajstić information content (AvgIpc) is 3.30. The molecule has 31 heavy (non-hydrogen) atoms. The molecule has 0 spiro atoms. The van der Waals surface area contributed by atoms with Crippen LogP contribution in [0.15, 0.2) is 60.7 Å². The lowest BCUT2D eigenvalue weighted by Gasteiger charge is -2.40. The van der Waals surface area contributed by atoms with Gasteiger partial charge in [-0.25, -0.2) is 0 Å². The fourth-order valence-corrected chi connectivity index (χ4v) is 4.84. The number of carbonyl (C=O) groups excluding carboxylic acids is 1. The third kappa shape index (κ3) is 4.54. The van der Waals surface area contributed by atoms with E-state index in [0.29, 0.717) is 13.2 Å². The molecule has 0 radical (unpaired) electrons. The number of nitrogens with zero attached hydrogens (tertiary/aromatic N) is 2. The topological polar surface area (TPSA) is 42.0 Å². The first-order valence-electron chi connectivity index (χ1n) is 11.6. The summed E-state index contributed by atoms with van der Waals surface area (Å²) in [4.78, 5) is 17.4. The molecular weight excluding hydrogens is 388 g/mol. The molecule has 0 saturated carbocycles. The van der Waals surface area contributed by atoms with E-state index in [1.165, 1.54) is 0 Å². The van der Waals surface area contributed by atoms with E-state index < -0.39 is 5.79 Å². The minimum Gasteiger partial charge on any atom is -0.339 e. The number of rotatable bonds is 7. The quantitative estimate of drug-likeness (QED) is 0.676. The molecule has 166 valence electrons. The first-order valence-corrected chi connectivity index (χ1v) is 11.6. The SMILES string of the molecule is CCN(CC)CC(=O)N1CCCCC1[C@H]1COC(c2ccccc2)(c2ccccc2)O1. The van der Waals surface area contributed by atoms with Crippen LogP contribution in [0.1, 0.15) is 44.2 Å². The van der Waals surface area contributed by atoms with Crippen LogP contribution < -0.4 is 0 Å². The van der Waals surface area contributed by atoms with Crippen molar-refractivity contribution in [1.82, 2.24) is 9.80 Å². The van der Waals surface area contributed by atoms with E-state index in [4.69, 9.17) is 9.47 Å². The van der Waals surface area contributed by atoms with Gasteiger partial charge in [-0.1, -0.05) is 74.5 Å². The molecule has 2 saturated heterocycles. The highest BCUT2D eigenvalue weighted by Crippen LogP contribution is 2.42. The summed E-state index contributed by atoms with van der Waals surface area (Å²) in [5.74, 6) is -0.730. The Labute approximate surface area is 185 Å². The number of carbonyl (C=O) groups is 1. The van der Waals surface area contributed by atoms with Crippen molar-refractivity contribution in [3.8, 4) is 0 Å². The van der Waals surface area contributed by atoms with Crippen LogP contribution in [0.4, 0.5) is 0 Å². The van der Waals surface area contributed by atoms with Crippen molar-refractivity contribution in [2.75, 3.05) is 32.8 Å². The normalized spacial score (nSPS) is 23.3. The first kappa shape index (κ1) is 22.0. The van der Waals surface area contributed by atoms with Gasteiger partial charge >= 0.3 is 0 Å². The summed E-state index contributed by atoms with van der Waals surface area (Å²) in [5.41, 5.74) is 1.97. The Balaban J connectivity index is 1.59. The van der Waals surface area contributed by atoms with E-state index in [-0.39, 0.29) is 18.1 Å². The zero-order valence-electron chi connectivity index (χ0n) is 18.7. The van der Waals surface area contributed by atoms with E-state index in [1.54, 1.807) is 0 Å². The Morgan fingerprint density at radius 2 is 1.61 bits per heavy atom. The zero-order chi connectivity index (χ0) is 21.7. The maximum absolute atomic E-state index is 13.2. The molecule has 4 rings (SSSR count). The second kappa shape index (κ2) is 9.94. The summed E-state index contributed by atoms with van der Waals surface area (Å²) >= 11 is 0. The molecule has 5 heteroatoms. The minimum atomic E-state index is -0.932. The van der Waals surface area contributed by atoms with Crippen molar-refractivity contribution in [3.05, 3.63) is 71.8 Å². The molecule has 2 heterocycles. The van der Waals surface area contributed by atoms with Crippen molar-refractivity contribution in [1.29, 1.82) is 0 Å². The Hall–Kier alpha value is -2.21. The maximum atomic E-state index is 13.2. The van der Waals surface area contributed by atoms with Crippen LogP contribution in [-0.2, 0) is 20.1 Å². The molecule has 2 fully saturated rings. The monoisotopic (exact) mass is 422 g/mol. The summed E-state index contributed by atoms with van der Waals surface area (Å²) in [6.45, 7) is 7.72. The fourth-order valence-electron chi connectivity index (χ4n) is 4.84. The fraction of sp³-hybridized carbons (Fsp3) is 0.500. The zero-order valence-corrected chi connectivity index (χ0v) is 18.7. The predicted octanol–water partition coefficient (Wildman–Crippen LogP) is 4.03. The van der Waals surface area contributed by atoms with Gasteiger partial charge in [0, 0.05) is 17.7 Å². The van der Waals surface area contributed by atoms with E-state index >= 15 is 0 Å². The second-order valence-corrected chi connectivity index (χ2v) is 8.43. The highest BCUT2D eigenvalue weighted by molar-refractivity contribution is 5.78. The van der Waals surface area contributed by atoms with Gasteiger partial charge in [0.05, 0.1) is 19.2 Å². The van der Waals surface area contributed by atoms with Gasteiger partial charge in [-0.2, -0.15) is 0 Å². The first-order chi connectivity index (χ1) is 15.2. The number of amides is 1. The molecule has 2 aliphatic rings. The largest absolute Gasteiger partial charge is 0.339 e. The molecule has 0 N–H and O–H groups in total. The number of piperidine rings is 1. The second-order valence-electron chi connectivity index (χ2n) is 8.43. The number of hydrogen-bond acceptors (Lipinski definition) is 4. The third-order valence-electron chi connectivity index (χ3n) is 6.63. The molecule has 0 aliphatic carbocycles. The molecule has 0 bridgehead atoms. The van der Waals surface area contributed by atoms with Gasteiger partial charge in [-0.05, 0) is 32.4 Å². The van der Waals surface area contributed by atoms with Crippen LogP contribution in [0.25, 0.3) is 0 Å². The maximum Gasteiger partial charge on any atom is 0.237 e. The van der Waals surface area contributed by atoms with Crippen molar-refractivity contribution in [2.45, 2.75) is 51.0 Å². The number of ether oxygens (including phenoxy) is 2. The Morgan fingerprint density at radius 3 is 2.19 bits per heavy atom. The molecule has 2 aliphatic heterocycles. The van der Waals surface area contributed by atoms with Crippen molar-refractivity contribution in [3.63, 3.8) is 0 Å². The number of hydrogen-bond donors (Lipinski definition) is 0. The summed E-state index contributed by atoms with van der Waals surface area (Å²) in [6.07, 6.45) is 2.97. The van der Waals surface area contributed by atoms with Crippen LogP contribution in [0, 0.1) is 0 Å². The number of likely N-dealkylation sites (N-methyl/N-ethyl adjacent to an activating group) is 1. The lowest BCUT2D eigenvalue weighted by molar-refractivity contribution is -0.159. The highest BCUT2D eigenvalue weighted by atomic mass is 16.7. The Bertz CT molecular complexity index is 799. The third-order valence-corrected chi connectivity index (χ3v) is 6.63. The summed E-state index contributed by atoms with van der Waals surface area (Å²) in [6, 6.07) is 20.3. The van der Waals surface area contributed by atoms with Crippen LogP contribution in [0.2, 0.25) is 0 Å². The highest BCUT2D eigenvalue weighted by Gasteiger charge is 2.49. The predicted molar refractivity (Wildman–Crippen MR) is 122 cm³/mol. The molecule has 2 aromatic carbocycles. The van der Waals surface area contributed by atoms with E-state index in [9.17, 15) is 4.79 Å². The Kier molecular flexibility index (Phi) is 7.06. The van der Waals surface area contributed by atoms with Crippen molar-refractivity contribution in [2.24, 2.45) is 0 Å². The lowest BCUT2D eigenvalue weighted by Crippen LogP contribution is -2.53. The van der Waals surface area contributed by atoms with Gasteiger partial charge in [-0.15, -0.1) is 0 Å². The van der Waals surface area contributed by atoms with Crippen molar-refractivity contribution >= 4 is 5.91 Å². The standard InChI is InChI=1S/C26H34N2O3/c1-3-27(4-2)19-25(29)28-18-12-11-17-23(28)24-20-30-26(31-24,21-13-7-5-8-14-21)22-15-9-6-10-16-22/h5-10,13-16,23-24H,3-4,11-12,17-20H2,1-2H3/t23?,24-/m1/s1. The molecule has 2 aromatic rings. The molecule has 1 unspecified atom stereocenters. The van der Waals surface area contributed by atoms with Crippen LogP contribution in [0.3, 0.4) is 0 Å². The van der Waals surface area contributed by atoms with E-state index in [2.05, 4.69) is 47.9 Å². The van der Waals surface area contributed by atoms with Gasteiger partial charge in [0.2, 0.25) is 11.7 Å². The summed E-state index contributed by atoms with van der Waals surface area (Å²) < 4.78 is 13.2. The van der Waals surface area contributed by atoms with Gasteiger partial charge in [0.15, 0.2) is 0 Å². The number of benzene rings is 2.